The van der Waals surface area contributed by atoms with Crippen LogP contribution in [0.4, 0.5) is 15.8 Å². The number of hydrogen-bond acceptors (Lipinski definition) is 5. The minimum Gasteiger partial charge on any atom is -0.352 e. The molecule has 2 aromatic carbocycles. The van der Waals surface area contributed by atoms with Crippen LogP contribution in [0.5, 0.6) is 0 Å². The van der Waals surface area contributed by atoms with Gasteiger partial charge in [0.05, 0.1) is 26.9 Å². The summed E-state index contributed by atoms with van der Waals surface area (Å²) in [7, 11) is -0.670. The predicted molar refractivity (Wildman–Crippen MR) is 88.9 cm³/mol. The summed E-state index contributed by atoms with van der Waals surface area (Å²) in [4.78, 5) is 1.43. The highest BCUT2D eigenvalue weighted by Crippen LogP contribution is 2.30. The molecule has 3 rings (SSSR count). The second kappa shape index (κ2) is 6.57. The van der Waals surface area contributed by atoms with Gasteiger partial charge >= 0.3 is 5.82 Å². The first-order valence-corrected chi connectivity index (χ1v) is 8.77. The molecule has 0 amide bonds. The minimum absolute atomic E-state index is 0.0523. The van der Waals surface area contributed by atoms with Crippen molar-refractivity contribution in [1.29, 1.82) is 0 Å². The minimum atomic E-state index is -3.64. The topological polar surface area (TPSA) is 104 Å². The number of aromatic nitrogens is 4. The molecular formula is C15H16FN6O2S+. The third-order valence-corrected chi connectivity index (χ3v) is 4.91. The Balaban J connectivity index is 2.13. The van der Waals surface area contributed by atoms with Crippen molar-refractivity contribution < 1.29 is 17.6 Å². The summed E-state index contributed by atoms with van der Waals surface area (Å²) < 4.78 is 40.3. The van der Waals surface area contributed by atoms with E-state index in [9.17, 15) is 12.8 Å². The van der Waals surface area contributed by atoms with Gasteiger partial charge in [0.2, 0.25) is 10.0 Å². The standard InChI is InChI=1S/C15H15FN6O2S/c1-17-25(23,24)10-7-8-13(18-14-6-4-3-5-12(14)16)11(9-10)15-19-21-22(2)20-15/h3-9,17H,1-2H3,(H,18,20)/p+1. The monoisotopic (exact) mass is 363 g/mol. The van der Waals surface area contributed by atoms with Gasteiger partial charge in [-0.05, 0) is 47.7 Å². The van der Waals surface area contributed by atoms with Crippen LogP contribution in [0.25, 0.3) is 11.4 Å². The second-order valence-electron chi connectivity index (χ2n) is 5.18. The van der Waals surface area contributed by atoms with Gasteiger partial charge in [-0.1, -0.05) is 16.9 Å². The smallest absolute Gasteiger partial charge is 0.340 e. The van der Waals surface area contributed by atoms with E-state index in [-0.39, 0.29) is 16.4 Å². The SMILES string of the molecule is CNS(=O)(=O)c1ccc(Nc2ccccc2F)c(-c2n[nH][n+](C)n2)c1. The van der Waals surface area contributed by atoms with Crippen LogP contribution in [0.2, 0.25) is 0 Å². The number of rotatable bonds is 5. The summed E-state index contributed by atoms with van der Waals surface area (Å²) in [5.74, 6) is -0.157. The van der Waals surface area contributed by atoms with Gasteiger partial charge in [-0.3, -0.25) is 0 Å². The highest BCUT2D eigenvalue weighted by molar-refractivity contribution is 7.89. The van der Waals surface area contributed by atoms with Gasteiger partial charge in [0.15, 0.2) is 0 Å². The van der Waals surface area contributed by atoms with E-state index in [1.807, 2.05) is 0 Å². The average molecular weight is 363 g/mol. The third kappa shape index (κ3) is 3.49. The Hall–Kier alpha value is -2.85. The summed E-state index contributed by atoms with van der Waals surface area (Å²) in [6.07, 6.45) is 0. The van der Waals surface area contributed by atoms with E-state index in [2.05, 4.69) is 25.4 Å². The number of para-hydroxylation sites is 1. The van der Waals surface area contributed by atoms with Crippen molar-refractivity contribution in [2.24, 2.45) is 7.05 Å². The molecule has 1 heterocycles. The van der Waals surface area contributed by atoms with Crippen LogP contribution in [0, 0.1) is 5.82 Å². The number of nitrogens with zero attached hydrogens (tertiary/aromatic N) is 3. The zero-order chi connectivity index (χ0) is 18.0. The maximum atomic E-state index is 13.9. The van der Waals surface area contributed by atoms with E-state index in [1.54, 1.807) is 31.3 Å². The van der Waals surface area contributed by atoms with Crippen LogP contribution in [0.3, 0.4) is 0 Å². The third-order valence-electron chi connectivity index (χ3n) is 3.50. The molecular weight excluding hydrogens is 347 g/mol. The Morgan fingerprint density at radius 2 is 1.92 bits per heavy atom. The maximum absolute atomic E-state index is 13.9. The van der Waals surface area contributed by atoms with Crippen LogP contribution in [-0.4, -0.2) is 30.9 Å². The van der Waals surface area contributed by atoms with Gasteiger partial charge < -0.3 is 5.32 Å². The first-order valence-electron chi connectivity index (χ1n) is 7.29. The molecule has 0 spiro atoms. The fourth-order valence-corrected chi connectivity index (χ4v) is 2.99. The Labute approximate surface area is 143 Å². The first kappa shape index (κ1) is 17.0. The number of tetrazole rings is 1. The van der Waals surface area contributed by atoms with E-state index >= 15 is 0 Å². The molecule has 0 aliphatic rings. The van der Waals surface area contributed by atoms with Crippen LogP contribution in [-0.2, 0) is 17.1 Å². The fourth-order valence-electron chi connectivity index (χ4n) is 2.23. The number of benzene rings is 2. The summed E-state index contributed by atoms with van der Waals surface area (Å²) in [5, 5.41) is 13.8. The summed E-state index contributed by atoms with van der Waals surface area (Å²) in [6.45, 7) is 0. The number of nitrogens with one attached hydrogen (secondary N) is 3. The van der Waals surface area contributed by atoms with Crippen LogP contribution < -0.4 is 14.8 Å². The van der Waals surface area contributed by atoms with Crippen molar-refractivity contribution in [2.45, 2.75) is 4.90 Å². The van der Waals surface area contributed by atoms with Crippen molar-refractivity contribution in [1.82, 2.24) is 20.1 Å². The van der Waals surface area contributed by atoms with E-state index in [0.29, 0.717) is 11.3 Å². The average Bonchev–Trinajstić information content (AvgIpc) is 3.03. The largest absolute Gasteiger partial charge is 0.352 e. The summed E-state index contributed by atoms with van der Waals surface area (Å²) >= 11 is 0. The lowest BCUT2D eigenvalue weighted by molar-refractivity contribution is -0.783. The van der Waals surface area contributed by atoms with Crippen LogP contribution in [0.1, 0.15) is 0 Å². The van der Waals surface area contributed by atoms with Crippen molar-refractivity contribution in [3.8, 4) is 11.4 Å². The second-order valence-corrected chi connectivity index (χ2v) is 7.07. The Kier molecular flexibility index (Phi) is 4.47. The zero-order valence-corrected chi connectivity index (χ0v) is 14.3. The number of aryl methyl sites for hydroxylation is 1. The Bertz CT molecular complexity index is 1020. The van der Waals surface area contributed by atoms with Crippen molar-refractivity contribution in [3.63, 3.8) is 0 Å². The van der Waals surface area contributed by atoms with Gasteiger partial charge in [-0.15, -0.1) is 0 Å². The molecule has 8 nitrogen and oxygen atoms in total. The quantitative estimate of drug-likeness (QED) is 0.589. The molecule has 0 saturated heterocycles. The van der Waals surface area contributed by atoms with Crippen molar-refractivity contribution in [2.75, 3.05) is 12.4 Å². The van der Waals surface area contributed by atoms with Crippen molar-refractivity contribution in [3.05, 3.63) is 48.3 Å². The lowest BCUT2D eigenvalue weighted by Crippen LogP contribution is -2.33. The number of halogens is 1. The van der Waals surface area contributed by atoms with Crippen LogP contribution >= 0.6 is 0 Å². The Morgan fingerprint density at radius 1 is 1.16 bits per heavy atom. The molecule has 0 fully saturated rings. The molecule has 0 bridgehead atoms. The molecule has 0 aliphatic carbocycles. The number of sulfonamides is 1. The molecule has 10 heteroatoms. The summed E-state index contributed by atoms with van der Waals surface area (Å²) in [5.41, 5.74) is 1.14. The van der Waals surface area contributed by atoms with Gasteiger partial charge in [-0.2, -0.15) is 0 Å². The number of anilines is 2. The molecule has 0 saturated carbocycles. The Morgan fingerprint density at radius 3 is 2.56 bits per heavy atom. The molecule has 25 heavy (non-hydrogen) atoms. The highest BCUT2D eigenvalue weighted by Gasteiger charge is 2.21. The fraction of sp³-hybridized carbons (Fsp3) is 0.133. The van der Waals surface area contributed by atoms with Gasteiger partial charge in [-0.25, -0.2) is 17.5 Å². The molecule has 0 atom stereocenters. The molecule has 0 aliphatic heterocycles. The predicted octanol–water partition coefficient (Wildman–Crippen LogP) is 1.09. The van der Waals surface area contributed by atoms with Crippen molar-refractivity contribution >= 4 is 21.4 Å². The highest BCUT2D eigenvalue weighted by atomic mass is 32.2. The van der Waals surface area contributed by atoms with Gasteiger partial charge in [0, 0.05) is 0 Å². The molecule has 130 valence electrons. The lowest BCUT2D eigenvalue weighted by atomic mass is 10.1. The normalized spacial score (nSPS) is 11.5. The lowest BCUT2D eigenvalue weighted by Gasteiger charge is -2.11. The zero-order valence-electron chi connectivity index (χ0n) is 13.5. The molecule has 1 aromatic heterocycles. The first-order chi connectivity index (χ1) is 11.9. The van der Waals surface area contributed by atoms with E-state index in [4.69, 9.17) is 0 Å². The maximum Gasteiger partial charge on any atom is 0.340 e. The summed E-state index contributed by atoms with van der Waals surface area (Å²) in [6, 6.07) is 10.6. The molecule has 0 unspecified atom stereocenters. The molecule has 0 radical (unpaired) electrons. The van der Waals surface area contributed by atoms with E-state index in [0.717, 1.165) is 0 Å². The van der Waals surface area contributed by atoms with E-state index in [1.165, 1.54) is 30.0 Å². The number of aromatic amines is 1. The molecule has 3 aromatic rings. The number of hydrogen-bond donors (Lipinski definition) is 3. The van der Waals surface area contributed by atoms with E-state index < -0.39 is 15.8 Å². The van der Waals surface area contributed by atoms with Crippen LogP contribution in [0.15, 0.2) is 47.4 Å². The number of H-pyrrole nitrogens is 1. The van der Waals surface area contributed by atoms with Gasteiger partial charge in [0.1, 0.15) is 12.9 Å². The van der Waals surface area contributed by atoms with Gasteiger partial charge in [0.25, 0.3) is 0 Å². The molecule has 3 N–H and O–H groups in total.